The van der Waals surface area contributed by atoms with E-state index < -0.39 is 34.9 Å². The summed E-state index contributed by atoms with van der Waals surface area (Å²) >= 11 is 5.87. The van der Waals surface area contributed by atoms with Crippen LogP contribution in [0.4, 0.5) is 17.6 Å². The Balaban J connectivity index is 2.42. The smallest absolute Gasteiger partial charge is 0.133 e. The first-order chi connectivity index (χ1) is 9.93. The minimum atomic E-state index is -1.11. The van der Waals surface area contributed by atoms with Crippen LogP contribution in [0.5, 0.6) is 0 Å². The summed E-state index contributed by atoms with van der Waals surface area (Å²) in [5.41, 5.74) is 1.78. The van der Waals surface area contributed by atoms with Gasteiger partial charge in [0.25, 0.3) is 0 Å². The largest absolute Gasteiger partial charge is 0.271 e. The number of benzene rings is 2. The van der Waals surface area contributed by atoms with Crippen LogP contribution in [0, 0.1) is 23.3 Å². The molecule has 0 aliphatic rings. The molecule has 112 valence electrons. The van der Waals surface area contributed by atoms with Crippen molar-refractivity contribution in [1.82, 2.24) is 5.43 Å². The number of nitrogens with two attached hydrogens (primary N) is 1. The summed E-state index contributed by atoms with van der Waals surface area (Å²) in [7, 11) is 0. The van der Waals surface area contributed by atoms with Crippen LogP contribution in [0.2, 0.25) is 5.02 Å². The maximum Gasteiger partial charge on any atom is 0.133 e. The average Bonchev–Trinajstić information content (AvgIpc) is 2.39. The zero-order chi connectivity index (χ0) is 15.6. The number of halogens is 5. The first-order valence-corrected chi connectivity index (χ1v) is 6.35. The minimum absolute atomic E-state index is 0.0604. The molecule has 0 saturated carbocycles. The highest BCUT2D eigenvalue weighted by molar-refractivity contribution is 6.31. The van der Waals surface area contributed by atoms with Gasteiger partial charge in [0.05, 0.1) is 6.04 Å². The van der Waals surface area contributed by atoms with Gasteiger partial charge in [-0.1, -0.05) is 17.7 Å². The fraction of sp³-hybridized carbons (Fsp3) is 0.143. The second-order valence-electron chi connectivity index (χ2n) is 4.41. The molecular weight excluding hydrogens is 308 g/mol. The van der Waals surface area contributed by atoms with Crippen molar-refractivity contribution in [2.45, 2.75) is 12.5 Å². The molecule has 0 saturated heterocycles. The lowest BCUT2D eigenvalue weighted by atomic mass is 9.98. The Hall–Kier alpha value is -1.63. The predicted octanol–water partition coefficient (Wildman–Crippen LogP) is 3.64. The van der Waals surface area contributed by atoms with E-state index in [2.05, 4.69) is 5.43 Å². The molecule has 0 aliphatic heterocycles. The number of hydrazine groups is 1. The molecule has 0 aromatic heterocycles. The summed E-state index contributed by atoms with van der Waals surface area (Å²) in [6, 6.07) is 4.00. The second kappa shape index (κ2) is 6.43. The van der Waals surface area contributed by atoms with Gasteiger partial charge in [-0.25, -0.2) is 17.6 Å². The normalized spacial score (nSPS) is 12.5. The Morgan fingerprint density at radius 3 is 2.19 bits per heavy atom. The van der Waals surface area contributed by atoms with Crippen LogP contribution in [0.15, 0.2) is 30.3 Å². The molecule has 2 aromatic rings. The van der Waals surface area contributed by atoms with Crippen LogP contribution >= 0.6 is 11.6 Å². The summed E-state index contributed by atoms with van der Waals surface area (Å²) in [6.07, 6.45) is -0.193. The standard InChI is InChI=1S/C14H11ClF4N2/c15-9-2-1-3-10(17)8(9)6-13(21-20)14-11(18)4-7(16)5-12(14)19/h1-5,13,21H,6,20H2. The van der Waals surface area contributed by atoms with Crippen LogP contribution in [0.1, 0.15) is 17.2 Å². The van der Waals surface area contributed by atoms with Gasteiger partial charge in [-0.2, -0.15) is 0 Å². The van der Waals surface area contributed by atoms with E-state index in [1.807, 2.05) is 0 Å². The molecule has 0 aliphatic carbocycles. The maximum absolute atomic E-state index is 13.7. The van der Waals surface area contributed by atoms with Crippen LogP contribution in [0.3, 0.4) is 0 Å². The van der Waals surface area contributed by atoms with Crippen molar-refractivity contribution in [2.75, 3.05) is 0 Å². The van der Waals surface area contributed by atoms with E-state index in [-0.39, 0.29) is 17.0 Å². The molecular formula is C14H11ClF4N2. The number of hydrogen-bond donors (Lipinski definition) is 2. The van der Waals surface area contributed by atoms with E-state index in [0.717, 1.165) is 0 Å². The number of hydrogen-bond acceptors (Lipinski definition) is 2. The quantitative estimate of drug-likeness (QED) is 0.513. The molecule has 7 heteroatoms. The van der Waals surface area contributed by atoms with Crippen molar-refractivity contribution in [3.8, 4) is 0 Å². The summed E-state index contributed by atoms with van der Waals surface area (Å²) < 4.78 is 54.1. The van der Waals surface area contributed by atoms with E-state index in [0.29, 0.717) is 12.1 Å². The zero-order valence-electron chi connectivity index (χ0n) is 10.6. The van der Waals surface area contributed by atoms with Crippen LogP contribution < -0.4 is 11.3 Å². The van der Waals surface area contributed by atoms with Crippen LogP contribution in [-0.2, 0) is 6.42 Å². The Bertz CT molecular complexity index is 620. The topological polar surface area (TPSA) is 38.0 Å². The highest BCUT2D eigenvalue weighted by Gasteiger charge is 2.23. The zero-order valence-corrected chi connectivity index (χ0v) is 11.4. The van der Waals surface area contributed by atoms with Gasteiger partial charge in [0.1, 0.15) is 23.3 Å². The van der Waals surface area contributed by atoms with Crippen LogP contribution in [0.25, 0.3) is 0 Å². The molecule has 0 heterocycles. The van der Waals surface area contributed by atoms with E-state index in [9.17, 15) is 17.6 Å². The van der Waals surface area contributed by atoms with Gasteiger partial charge in [0.15, 0.2) is 0 Å². The summed E-state index contributed by atoms with van der Waals surface area (Å²) in [6.45, 7) is 0. The van der Waals surface area contributed by atoms with E-state index in [1.165, 1.54) is 18.2 Å². The van der Waals surface area contributed by atoms with Crippen molar-refractivity contribution in [3.05, 3.63) is 69.8 Å². The van der Waals surface area contributed by atoms with Gasteiger partial charge in [0.2, 0.25) is 0 Å². The maximum atomic E-state index is 13.7. The molecule has 0 fully saturated rings. The molecule has 2 aromatic carbocycles. The summed E-state index contributed by atoms with van der Waals surface area (Å²) in [5.74, 6) is 1.40. The van der Waals surface area contributed by atoms with Crippen molar-refractivity contribution in [2.24, 2.45) is 5.84 Å². The Labute approximate surface area is 123 Å². The van der Waals surface area contributed by atoms with Crippen molar-refractivity contribution in [1.29, 1.82) is 0 Å². The van der Waals surface area contributed by atoms with Gasteiger partial charge < -0.3 is 0 Å². The predicted molar refractivity (Wildman–Crippen MR) is 71.5 cm³/mol. The monoisotopic (exact) mass is 318 g/mol. The van der Waals surface area contributed by atoms with Gasteiger partial charge in [0, 0.05) is 28.3 Å². The number of rotatable bonds is 4. The van der Waals surface area contributed by atoms with E-state index in [1.54, 1.807) is 0 Å². The van der Waals surface area contributed by atoms with Gasteiger partial charge in [-0.3, -0.25) is 11.3 Å². The lowest BCUT2D eigenvalue weighted by Gasteiger charge is -2.19. The molecule has 0 spiro atoms. The second-order valence-corrected chi connectivity index (χ2v) is 4.81. The lowest BCUT2D eigenvalue weighted by Crippen LogP contribution is -2.31. The van der Waals surface area contributed by atoms with Gasteiger partial charge in [-0.15, -0.1) is 0 Å². The van der Waals surface area contributed by atoms with Crippen molar-refractivity contribution in [3.63, 3.8) is 0 Å². The third kappa shape index (κ3) is 3.34. The molecule has 3 N–H and O–H groups in total. The fourth-order valence-electron chi connectivity index (χ4n) is 2.06. The van der Waals surface area contributed by atoms with Gasteiger partial charge >= 0.3 is 0 Å². The minimum Gasteiger partial charge on any atom is -0.271 e. The highest BCUT2D eigenvalue weighted by atomic mass is 35.5. The molecule has 0 radical (unpaired) electrons. The molecule has 1 atom stereocenters. The van der Waals surface area contributed by atoms with Gasteiger partial charge in [-0.05, 0) is 18.6 Å². The molecule has 0 amide bonds. The average molecular weight is 319 g/mol. The Kier molecular flexibility index (Phi) is 4.82. The first kappa shape index (κ1) is 15.8. The van der Waals surface area contributed by atoms with Crippen LogP contribution in [-0.4, -0.2) is 0 Å². The Morgan fingerprint density at radius 2 is 1.67 bits per heavy atom. The third-order valence-corrected chi connectivity index (χ3v) is 3.42. The summed E-state index contributed by atoms with van der Waals surface area (Å²) in [5, 5.41) is 0.109. The highest BCUT2D eigenvalue weighted by Crippen LogP contribution is 2.28. The molecule has 21 heavy (non-hydrogen) atoms. The SMILES string of the molecule is NNC(Cc1c(F)cccc1Cl)c1c(F)cc(F)cc1F. The Morgan fingerprint density at radius 1 is 1.05 bits per heavy atom. The van der Waals surface area contributed by atoms with Crippen molar-refractivity contribution >= 4 is 11.6 Å². The molecule has 1 unspecified atom stereocenters. The summed E-state index contributed by atoms with van der Waals surface area (Å²) in [4.78, 5) is 0. The first-order valence-electron chi connectivity index (χ1n) is 5.97. The van der Waals surface area contributed by atoms with E-state index >= 15 is 0 Å². The molecule has 0 bridgehead atoms. The van der Waals surface area contributed by atoms with Crippen molar-refractivity contribution < 1.29 is 17.6 Å². The molecule has 2 rings (SSSR count). The fourth-order valence-corrected chi connectivity index (χ4v) is 2.30. The molecule has 2 nitrogen and oxygen atoms in total. The third-order valence-electron chi connectivity index (χ3n) is 3.06. The lowest BCUT2D eigenvalue weighted by molar-refractivity contribution is 0.456. The van der Waals surface area contributed by atoms with E-state index in [4.69, 9.17) is 17.4 Å². The number of nitrogens with one attached hydrogen (secondary N) is 1.